The van der Waals surface area contributed by atoms with Crippen LogP contribution in [0, 0.1) is 0 Å². The number of aliphatic hydroxyl groups is 1. The van der Waals surface area contributed by atoms with E-state index in [0.717, 1.165) is 25.2 Å². The van der Waals surface area contributed by atoms with Crippen LogP contribution in [0.15, 0.2) is 18.2 Å². The van der Waals surface area contributed by atoms with Gasteiger partial charge in [0, 0.05) is 12.6 Å². The molecule has 0 aliphatic heterocycles. The van der Waals surface area contributed by atoms with E-state index in [1.165, 1.54) is 11.1 Å². The Kier molecular flexibility index (Phi) is 6.89. The smallest absolute Gasteiger partial charge is 0.122 e. The van der Waals surface area contributed by atoms with Crippen LogP contribution in [-0.2, 0) is 0 Å². The molecule has 0 aliphatic carbocycles. The molecule has 108 valence electrons. The topological polar surface area (TPSA) is 41.5 Å². The molecule has 19 heavy (non-hydrogen) atoms. The van der Waals surface area contributed by atoms with Gasteiger partial charge < -0.3 is 15.2 Å². The standard InChI is InChI=1S/C16H27NO2/c1-5-10-19-16-7-6-13(11-14(16)12(2)3)15(17-4)8-9-18/h6-7,11-12,15,17-18H,5,8-10H2,1-4H3. The highest BCUT2D eigenvalue weighted by molar-refractivity contribution is 5.40. The van der Waals surface area contributed by atoms with Gasteiger partial charge in [-0.1, -0.05) is 32.9 Å². The van der Waals surface area contributed by atoms with Gasteiger partial charge >= 0.3 is 0 Å². The Hall–Kier alpha value is -1.06. The van der Waals surface area contributed by atoms with Crippen LogP contribution in [-0.4, -0.2) is 25.4 Å². The zero-order valence-electron chi connectivity index (χ0n) is 12.6. The SMILES string of the molecule is CCCOc1ccc(C(CCO)NC)cc1C(C)C. The van der Waals surface area contributed by atoms with E-state index in [1.54, 1.807) is 0 Å². The van der Waals surface area contributed by atoms with Crippen LogP contribution >= 0.6 is 0 Å². The molecule has 0 amide bonds. The molecule has 3 heteroatoms. The average Bonchev–Trinajstić information content (AvgIpc) is 2.42. The molecule has 0 saturated carbocycles. The Morgan fingerprint density at radius 2 is 2.05 bits per heavy atom. The maximum Gasteiger partial charge on any atom is 0.122 e. The second kappa shape index (κ2) is 8.18. The molecular weight excluding hydrogens is 238 g/mol. The van der Waals surface area contributed by atoms with Gasteiger partial charge in [0.2, 0.25) is 0 Å². The molecular formula is C16H27NO2. The highest BCUT2D eigenvalue weighted by atomic mass is 16.5. The lowest BCUT2D eigenvalue weighted by Gasteiger charge is -2.20. The average molecular weight is 265 g/mol. The normalized spacial score (nSPS) is 12.7. The second-order valence-electron chi connectivity index (χ2n) is 5.15. The maximum atomic E-state index is 9.11. The highest BCUT2D eigenvalue weighted by Gasteiger charge is 2.14. The summed E-state index contributed by atoms with van der Waals surface area (Å²) in [7, 11) is 1.93. The van der Waals surface area contributed by atoms with Crippen molar-refractivity contribution in [2.75, 3.05) is 20.3 Å². The summed E-state index contributed by atoms with van der Waals surface area (Å²) in [5.74, 6) is 1.41. The van der Waals surface area contributed by atoms with E-state index in [-0.39, 0.29) is 12.6 Å². The summed E-state index contributed by atoms with van der Waals surface area (Å²) < 4.78 is 5.81. The monoisotopic (exact) mass is 265 g/mol. The lowest BCUT2D eigenvalue weighted by molar-refractivity contribution is 0.268. The van der Waals surface area contributed by atoms with Crippen molar-refractivity contribution in [2.45, 2.75) is 45.6 Å². The summed E-state index contributed by atoms with van der Waals surface area (Å²) in [5, 5.41) is 12.4. The first-order valence-electron chi connectivity index (χ1n) is 7.18. The predicted octanol–water partition coefficient (Wildman–Crippen LogP) is 3.24. The molecule has 1 atom stereocenters. The first kappa shape index (κ1) is 16.0. The zero-order valence-corrected chi connectivity index (χ0v) is 12.6. The Bertz CT molecular complexity index is 377. The van der Waals surface area contributed by atoms with Crippen molar-refractivity contribution >= 4 is 0 Å². The van der Waals surface area contributed by atoms with Crippen LogP contribution < -0.4 is 10.1 Å². The molecule has 1 aromatic rings. The summed E-state index contributed by atoms with van der Waals surface area (Å²) in [6.07, 6.45) is 1.74. The number of nitrogens with one attached hydrogen (secondary N) is 1. The predicted molar refractivity (Wildman–Crippen MR) is 79.8 cm³/mol. The first-order chi connectivity index (χ1) is 9.13. The fourth-order valence-corrected chi connectivity index (χ4v) is 2.19. The number of hydrogen-bond donors (Lipinski definition) is 2. The number of aliphatic hydroxyl groups excluding tert-OH is 1. The first-order valence-corrected chi connectivity index (χ1v) is 7.18. The van der Waals surface area contributed by atoms with Gasteiger partial charge in [-0.05, 0) is 43.0 Å². The molecule has 0 fully saturated rings. The van der Waals surface area contributed by atoms with Gasteiger partial charge in [0.15, 0.2) is 0 Å². The summed E-state index contributed by atoms with van der Waals surface area (Å²) in [5.41, 5.74) is 2.45. The van der Waals surface area contributed by atoms with Crippen molar-refractivity contribution in [1.29, 1.82) is 0 Å². The van der Waals surface area contributed by atoms with E-state index < -0.39 is 0 Å². The van der Waals surface area contributed by atoms with Crippen LogP contribution in [0.3, 0.4) is 0 Å². The molecule has 2 N–H and O–H groups in total. The molecule has 0 aliphatic rings. The molecule has 0 spiro atoms. The molecule has 0 aromatic heterocycles. The quantitative estimate of drug-likeness (QED) is 0.758. The fourth-order valence-electron chi connectivity index (χ4n) is 2.19. The third-order valence-electron chi connectivity index (χ3n) is 3.29. The van der Waals surface area contributed by atoms with E-state index in [2.05, 4.69) is 44.3 Å². The minimum absolute atomic E-state index is 0.191. The number of hydrogen-bond acceptors (Lipinski definition) is 3. The fraction of sp³-hybridized carbons (Fsp3) is 0.625. The molecule has 0 saturated heterocycles. The van der Waals surface area contributed by atoms with Crippen LogP contribution in [0.4, 0.5) is 0 Å². The Morgan fingerprint density at radius 3 is 2.58 bits per heavy atom. The van der Waals surface area contributed by atoms with Gasteiger partial charge in [0.25, 0.3) is 0 Å². The van der Waals surface area contributed by atoms with Crippen molar-refractivity contribution in [1.82, 2.24) is 5.32 Å². The van der Waals surface area contributed by atoms with Gasteiger partial charge in [0.05, 0.1) is 6.61 Å². The van der Waals surface area contributed by atoms with Crippen LogP contribution in [0.1, 0.15) is 56.7 Å². The molecule has 0 bridgehead atoms. The molecule has 0 heterocycles. The Balaban J connectivity index is 3.00. The van der Waals surface area contributed by atoms with E-state index >= 15 is 0 Å². The van der Waals surface area contributed by atoms with Crippen LogP contribution in [0.25, 0.3) is 0 Å². The van der Waals surface area contributed by atoms with Gasteiger partial charge in [-0.25, -0.2) is 0 Å². The minimum atomic E-state index is 0.191. The summed E-state index contributed by atoms with van der Waals surface area (Å²) in [4.78, 5) is 0. The number of ether oxygens (including phenoxy) is 1. The zero-order chi connectivity index (χ0) is 14.3. The third kappa shape index (κ3) is 4.51. The maximum absolute atomic E-state index is 9.11. The number of benzene rings is 1. The lowest BCUT2D eigenvalue weighted by atomic mass is 9.95. The Labute approximate surface area is 117 Å². The molecule has 1 aromatic carbocycles. The van der Waals surface area contributed by atoms with E-state index in [9.17, 15) is 0 Å². The van der Waals surface area contributed by atoms with Crippen molar-refractivity contribution in [2.24, 2.45) is 0 Å². The largest absolute Gasteiger partial charge is 0.493 e. The Morgan fingerprint density at radius 1 is 1.32 bits per heavy atom. The minimum Gasteiger partial charge on any atom is -0.493 e. The van der Waals surface area contributed by atoms with Crippen molar-refractivity contribution in [3.05, 3.63) is 29.3 Å². The molecule has 1 unspecified atom stereocenters. The van der Waals surface area contributed by atoms with E-state index in [1.807, 2.05) is 7.05 Å². The van der Waals surface area contributed by atoms with Gasteiger partial charge in [-0.2, -0.15) is 0 Å². The van der Waals surface area contributed by atoms with E-state index in [4.69, 9.17) is 9.84 Å². The number of rotatable bonds is 8. The molecule has 1 rings (SSSR count). The van der Waals surface area contributed by atoms with E-state index in [0.29, 0.717) is 5.92 Å². The summed E-state index contributed by atoms with van der Waals surface area (Å²) >= 11 is 0. The van der Waals surface area contributed by atoms with Crippen molar-refractivity contribution in [3.8, 4) is 5.75 Å². The van der Waals surface area contributed by atoms with Crippen LogP contribution in [0.5, 0.6) is 5.75 Å². The van der Waals surface area contributed by atoms with Crippen LogP contribution in [0.2, 0.25) is 0 Å². The molecule has 0 radical (unpaired) electrons. The lowest BCUT2D eigenvalue weighted by Crippen LogP contribution is -2.18. The van der Waals surface area contributed by atoms with Crippen molar-refractivity contribution in [3.63, 3.8) is 0 Å². The molecule has 3 nitrogen and oxygen atoms in total. The van der Waals surface area contributed by atoms with Gasteiger partial charge in [-0.3, -0.25) is 0 Å². The van der Waals surface area contributed by atoms with Gasteiger partial charge in [-0.15, -0.1) is 0 Å². The summed E-state index contributed by atoms with van der Waals surface area (Å²) in [6, 6.07) is 6.55. The highest BCUT2D eigenvalue weighted by Crippen LogP contribution is 2.30. The third-order valence-corrected chi connectivity index (χ3v) is 3.29. The second-order valence-corrected chi connectivity index (χ2v) is 5.15. The van der Waals surface area contributed by atoms with Crippen molar-refractivity contribution < 1.29 is 9.84 Å². The van der Waals surface area contributed by atoms with Gasteiger partial charge in [0.1, 0.15) is 5.75 Å². The summed E-state index contributed by atoms with van der Waals surface area (Å²) in [6.45, 7) is 7.42.